The summed E-state index contributed by atoms with van der Waals surface area (Å²) >= 11 is 0. The predicted octanol–water partition coefficient (Wildman–Crippen LogP) is 5.83. The highest BCUT2D eigenvalue weighted by Crippen LogP contribution is 2.19. The van der Waals surface area contributed by atoms with Gasteiger partial charge in [0.2, 0.25) is 11.8 Å². The van der Waals surface area contributed by atoms with Crippen LogP contribution in [0.15, 0.2) is 36.4 Å². The fraction of sp³-hybridized carbons (Fsp3) is 0.560. The van der Waals surface area contributed by atoms with E-state index in [-0.39, 0.29) is 11.8 Å². The quantitative estimate of drug-likeness (QED) is 0.313. The van der Waals surface area contributed by atoms with Crippen molar-refractivity contribution in [2.45, 2.75) is 90.5 Å². The lowest BCUT2D eigenvalue weighted by atomic mass is 10.1. The number of anilines is 1. The maximum absolute atomic E-state index is 12.6. The van der Waals surface area contributed by atoms with Crippen molar-refractivity contribution in [1.82, 2.24) is 15.5 Å². The molecule has 1 unspecified atom stereocenters. The molecule has 0 aliphatic heterocycles. The van der Waals surface area contributed by atoms with Crippen LogP contribution in [0.5, 0.6) is 0 Å². The first-order valence-electron chi connectivity index (χ1n) is 11.8. The number of carbonyl (C=O) groups excluding carboxylic acids is 2. The zero-order valence-corrected chi connectivity index (χ0v) is 19.1. The number of rotatable bonds is 15. The highest BCUT2D eigenvalue weighted by atomic mass is 16.2. The van der Waals surface area contributed by atoms with E-state index in [0.717, 1.165) is 24.1 Å². The molecule has 0 bridgehead atoms. The lowest BCUT2D eigenvalue weighted by molar-refractivity contribution is -0.126. The molecule has 0 fully saturated rings. The zero-order valence-electron chi connectivity index (χ0n) is 19.1. The minimum atomic E-state index is -0.553. The Morgan fingerprint density at radius 3 is 2.23 bits per heavy atom. The molecule has 0 aliphatic carbocycles. The largest absolute Gasteiger partial charge is 0.344 e. The van der Waals surface area contributed by atoms with Crippen molar-refractivity contribution in [2.75, 3.05) is 5.32 Å². The minimum Gasteiger partial charge on any atom is -0.344 e. The summed E-state index contributed by atoms with van der Waals surface area (Å²) in [6, 6.07) is 11.0. The van der Waals surface area contributed by atoms with Crippen LogP contribution >= 0.6 is 0 Å². The molecule has 170 valence electrons. The summed E-state index contributed by atoms with van der Waals surface area (Å²) in [7, 11) is 0. The molecular weight excluding hydrogens is 388 g/mol. The van der Waals surface area contributed by atoms with Crippen molar-refractivity contribution in [3.63, 3.8) is 0 Å². The number of aromatic nitrogens is 2. The molecule has 6 heteroatoms. The predicted molar refractivity (Wildman–Crippen MR) is 127 cm³/mol. The molecule has 2 amide bonds. The Morgan fingerprint density at radius 2 is 1.58 bits per heavy atom. The van der Waals surface area contributed by atoms with Gasteiger partial charge >= 0.3 is 0 Å². The van der Waals surface area contributed by atoms with Crippen molar-refractivity contribution in [2.24, 2.45) is 0 Å². The van der Waals surface area contributed by atoms with Crippen molar-refractivity contribution >= 4 is 17.6 Å². The summed E-state index contributed by atoms with van der Waals surface area (Å²) in [5.74, 6) is 0.154. The van der Waals surface area contributed by atoms with Gasteiger partial charge in [-0.2, -0.15) is 5.10 Å². The molecule has 0 radical (unpaired) electrons. The normalized spacial score (nSPS) is 11.8. The van der Waals surface area contributed by atoms with E-state index in [1.807, 2.05) is 37.3 Å². The first-order chi connectivity index (χ1) is 15.1. The number of H-pyrrole nitrogens is 1. The highest BCUT2D eigenvalue weighted by Gasteiger charge is 2.19. The Bertz CT molecular complexity index is 773. The fourth-order valence-electron chi connectivity index (χ4n) is 3.58. The van der Waals surface area contributed by atoms with E-state index in [1.54, 1.807) is 6.07 Å². The summed E-state index contributed by atoms with van der Waals surface area (Å²) in [5, 5.41) is 12.8. The topological polar surface area (TPSA) is 86.9 Å². The van der Waals surface area contributed by atoms with E-state index in [2.05, 4.69) is 27.8 Å². The van der Waals surface area contributed by atoms with E-state index >= 15 is 0 Å². The van der Waals surface area contributed by atoms with E-state index in [0.29, 0.717) is 18.7 Å². The third-order valence-corrected chi connectivity index (χ3v) is 5.48. The number of carbonyl (C=O) groups is 2. The first-order valence-corrected chi connectivity index (χ1v) is 11.8. The summed E-state index contributed by atoms with van der Waals surface area (Å²) in [5.41, 5.74) is 1.83. The number of amides is 2. The molecule has 3 N–H and O–H groups in total. The van der Waals surface area contributed by atoms with Crippen LogP contribution in [0.2, 0.25) is 0 Å². The van der Waals surface area contributed by atoms with Gasteiger partial charge in [0.1, 0.15) is 6.04 Å². The maximum Gasteiger partial charge on any atom is 0.248 e. The highest BCUT2D eigenvalue weighted by molar-refractivity contribution is 5.96. The molecule has 1 heterocycles. The van der Waals surface area contributed by atoms with Gasteiger partial charge in [0, 0.05) is 12.5 Å². The van der Waals surface area contributed by atoms with Crippen molar-refractivity contribution < 1.29 is 9.59 Å². The zero-order chi connectivity index (χ0) is 22.3. The number of aromatic amines is 1. The molecule has 1 aromatic carbocycles. The van der Waals surface area contributed by atoms with Crippen LogP contribution in [0.3, 0.4) is 0 Å². The lowest BCUT2D eigenvalue weighted by Gasteiger charge is -2.16. The van der Waals surface area contributed by atoms with Gasteiger partial charge in [-0.25, -0.2) is 0 Å². The number of nitrogens with zero attached hydrogens (tertiary/aromatic N) is 1. The molecular formula is C25H38N4O2. The van der Waals surface area contributed by atoms with Gasteiger partial charge in [0.05, 0.1) is 5.69 Å². The van der Waals surface area contributed by atoms with Crippen LogP contribution < -0.4 is 10.6 Å². The Balaban J connectivity index is 1.66. The van der Waals surface area contributed by atoms with E-state index in [1.165, 1.54) is 44.9 Å². The van der Waals surface area contributed by atoms with Crippen LogP contribution in [0.25, 0.3) is 11.3 Å². The standard InChI is InChI=1S/C25H38N4O2/c1-3-5-6-7-8-9-10-11-15-18-24(30)26-21(4-2)25(31)27-23-19-22(28-29-23)20-16-13-12-14-17-20/h12-14,16-17,19,21H,3-11,15,18H2,1-2H3,(H,26,30)(H2,27,28,29,31). The molecule has 0 spiro atoms. The second kappa shape index (κ2) is 14.4. The number of unbranched alkanes of at least 4 members (excludes halogenated alkanes) is 8. The van der Waals surface area contributed by atoms with Gasteiger partial charge in [-0.15, -0.1) is 0 Å². The monoisotopic (exact) mass is 426 g/mol. The van der Waals surface area contributed by atoms with Gasteiger partial charge < -0.3 is 10.6 Å². The Morgan fingerprint density at radius 1 is 0.935 bits per heavy atom. The lowest BCUT2D eigenvalue weighted by Crippen LogP contribution is -2.43. The first kappa shape index (κ1) is 24.6. The molecule has 0 saturated heterocycles. The van der Waals surface area contributed by atoms with Crippen molar-refractivity contribution in [3.05, 3.63) is 36.4 Å². The molecule has 0 aliphatic rings. The smallest absolute Gasteiger partial charge is 0.248 e. The third-order valence-electron chi connectivity index (χ3n) is 5.48. The summed E-state index contributed by atoms with van der Waals surface area (Å²) in [6.45, 7) is 4.12. The van der Waals surface area contributed by atoms with Gasteiger partial charge in [0.15, 0.2) is 5.82 Å². The van der Waals surface area contributed by atoms with Crippen LogP contribution in [-0.4, -0.2) is 28.1 Å². The molecule has 6 nitrogen and oxygen atoms in total. The van der Waals surface area contributed by atoms with Crippen molar-refractivity contribution in [1.29, 1.82) is 0 Å². The summed E-state index contributed by atoms with van der Waals surface area (Å²) < 4.78 is 0. The van der Waals surface area contributed by atoms with Crippen LogP contribution in [0.1, 0.15) is 84.5 Å². The minimum absolute atomic E-state index is 0.0584. The third kappa shape index (κ3) is 9.37. The number of hydrogen-bond acceptors (Lipinski definition) is 3. The van der Waals surface area contributed by atoms with Crippen LogP contribution in [0, 0.1) is 0 Å². The second-order valence-corrected chi connectivity index (χ2v) is 8.13. The average Bonchev–Trinajstić information content (AvgIpc) is 3.25. The van der Waals surface area contributed by atoms with Gasteiger partial charge in [-0.1, -0.05) is 95.5 Å². The van der Waals surface area contributed by atoms with E-state index in [9.17, 15) is 9.59 Å². The molecule has 0 saturated carbocycles. The number of nitrogens with one attached hydrogen (secondary N) is 3. The fourth-order valence-corrected chi connectivity index (χ4v) is 3.58. The van der Waals surface area contributed by atoms with E-state index in [4.69, 9.17) is 0 Å². The Kier molecular flexibility index (Phi) is 11.4. The second-order valence-electron chi connectivity index (χ2n) is 8.13. The Labute approximate surface area is 186 Å². The van der Waals surface area contributed by atoms with Gasteiger partial charge in [-0.05, 0) is 18.4 Å². The number of hydrogen-bond donors (Lipinski definition) is 3. The summed E-state index contributed by atoms with van der Waals surface area (Å²) in [6.07, 6.45) is 12.0. The SMILES string of the molecule is CCCCCCCCCCCC(=O)NC(CC)C(=O)Nc1cc(-c2ccccc2)[nH]n1. The van der Waals surface area contributed by atoms with Crippen molar-refractivity contribution in [3.8, 4) is 11.3 Å². The maximum atomic E-state index is 12.6. The molecule has 2 rings (SSSR count). The van der Waals surface area contributed by atoms with Crippen LogP contribution in [0.4, 0.5) is 5.82 Å². The molecule has 1 atom stereocenters. The van der Waals surface area contributed by atoms with Gasteiger partial charge in [0.25, 0.3) is 0 Å². The molecule has 2 aromatic rings. The molecule has 31 heavy (non-hydrogen) atoms. The van der Waals surface area contributed by atoms with Gasteiger partial charge in [-0.3, -0.25) is 14.7 Å². The summed E-state index contributed by atoms with van der Waals surface area (Å²) in [4.78, 5) is 24.8. The average molecular weight is 427 g/mol. The number of benzene rings is 1. The Hall–Kier alpha value is -2.63. The van der Waals surface area contributed by atoms with E-state index < -0.39 is 6.04 Å². The van der Waals surface area contributed by atoms with Crippen LogP contribution in [-0.2, 0) is 9.59 Å². The molecule has 1 aromatic heterocycles.